The summed E-state index contributed by atoms with van der Waals surface area (Å²) in [4.78, 5) is 0. The average molecular weight is 707 g/mol. The van der Waals surface area contributed by atoms with E-state index in [0.717, 1.165) is 6.07 Å². The summed E-state index contributed by atoms with van der Waals surface area (Å²) in [5.41, 5.74) is 1.21. The molecule has 4 heterocycles. The fourth-order valence-electron chi connectivity index (χ4n) is 7.44. The Morgan fingerprint density at radius 1 is 0.706 bits per heavy atom. The van der Waals surface area contributed by atoms with E-state index in [-0.39, 0.29) is 68.9 Å². The molecule has 1 fully saturated rings. The van der Waals surface area contributed by atoms with Crippen LogP contribution in [0, 0.1) is 0 Å². The molecule has 268 valence electrons. The lowest BCUT2D eigenvalue weighted by molar-refractivity contribution is -0.317. The normalized spacial score (nSPS) is 32.0. The SMILES string of the molecule is OC[C@H]1O[C@@H](O[C@@H]2Cc3c(O)cc4c(c3O[C@H]2c2ccc(O)cc2)[C@@H]2c3c(O)cc(O)cc3O[C@](c3ccc(O)cc3)(O4)[C@H]2O)[C@H](O)[C@@H](O)[C@@H]1O. The predicted molar refractivity (Wildman–Crippen MR) is 171 cm³/mol. The molecule has 8 rings (SSSR count). The zero-order valence-electron chi connectivity index (χ0n) is 26.5. The van der Waals surface area contributed by atoms with Crippen molar-refractivity contribution >= 4 is 0 Å². The molecule has 10 atom stereocenters. The maximum absolute atomic E-state index is 12.2. The van der Waals surface area contributed by atoms with Crippen molar-refractivity contribution < 1.29 is 74.7 Å². The van der Waals surface area contributed by atoms with E-state index in [0.29, 0.717) is 5.56 Å². The monoisotopic (exact) mass is 706 g/mol. The van der Waals surface area contributed by atoms with E-state index in [2.05, 4.69) is 0 Å². The summed E-state index contributed by atoms with van der Waals surface area (Å²) in [7, 11) is 0. The first-order chi connectivity index (χ1) is 24.4. The van der Waals surface area contributed by atoms with E-state index < -0.39 is 73.1 Å². The molecule has 4 aromatic carbocycles. The number of ether oxygens (including phenoxy) is 5. The predicted octanol–water partition coefficient (Wildman–Crippen LogP) is 1.21. The second-order valence-electron chi connectivity index (χ2n) is 13.0. The molecule has 4 aliphatic rings. The highest BCUT2D eigenvalue weighted by Gasteiger charge is 2.60. The molecular weight excluding hydrogens is 672 g/mol. The molecule has 0 radical (unpaired) electrons. The molecule has 0 unspecified atom stereocenters. The van der Waals surface area contributed by atoms with Crippen molar-refractivity contribution in [1.82, 2.24) is 0 Å². The molecule has 15 heteroatoms. The van der Waals surface area contributed by atoms with E-state index in [1.54, 1.807) is 12.1 Å². The van der Waals surface area contributed by atoms with Crippen LogP contribution in [-0.2, 0) is 21.7 Å². The van der Waals surface area contributed by atoms with E-state index in [4.69, 9.17) is 23.7 Å². The Kier molecular flexibility index (Phi) is 7.84. The van der Waals surface area contributed by atoms with Crippen molar-refractivity contribution in [3.63, 3.8) is 0 Å². The second-order valence-corrected chi connectivity index (χ2v) is 13.0. The Morgan fingerprint density at radius 2 is 1.35 bits per heavy atom. The van der Waals surface area contributed by atoms with Crippen LogP contribution in [0.5, 0.6) is 46.0 Å². The fraction of sp³-hybridized carbons (Fsp3) is 0.333. The van der Waals surface area contributed by atoms with Gasteiger partial charge in [0.15, 0.2) is 12.4 Å². The zero-order valence-corrected chi connectivity index (χ0v) is 26.5. The second kappa shape index (κ2) is 12.1. The van der Waals surface area contributed by atoms with Gasteiger partial charge in [0.05, 0.1) is 12.5 Å². The Hall–Kier alpha value is -5.00. The fourth-order valence-corrected chi connectivity index (χ4v) is 7.44. The number of aromatic hydroxyl groups is 5. The lowest BCUT2D eigenvalue weighted by Gasteiger charge is -2.50. The van der Waals surface area contributed by atoms with Crippen molar-refractivity contribution in [3.8, 4) is 46.0 Å². The van der Waals surface area contributed by atoms with Gasteiger partial charge in [0.25, 0.3) is 0 Å². The molecule has 4 aliphatic heterocycles. The maximum Gasteiger partial charge on any atom is 0.305 e. The molecule has 1 saturated heterocycles. The average Bonchev–Trinajstić information content (AvgIpc) is 3.09. The Morgan fingerprint density at radius 3 is 2.02 bits per heavy atom. The molecule has 0 saturated carbocycles. The Balaban J connectivity index is 1.28. The number of hydrogen-bond acceptors (Lipinski definition) is 15. The summed E-state index contributed by atoms with van der Waals surface area (Å²) < 4.78 is 31.1. The summed E-state index contributed by atoms with van der Waals surface area (Å²) >= 11 is 0. The van der Waals surface area contributed by atoms with Crippen molar-refractivity contribution in [3.05, 3.63) is 94.5 Å². The van der Waals surface area contributed by atoms with Crippen LogP contribution >= 0.6 is 0 Å². The van der Waals surface area contributed by atoms with Crippen molar-refractivity contribution in [1.29, 1.82) is 0 Å². The highest BCUT2D eigenvalue weighted by atomic mass is 16.7. The molecule has 4 aromatic rings. The van der Waals surface area contributed by atoms with Gasteiger partial charge in [-0.25, -0.2) is 0 Å². The topological polar surface area (TPSA) is 248 Å². The van der Waals surface area contributed by atoms with Crippen LogP contribution in [0.2, 0.25) is 0 Å². The number of fused-ring (bicyclic) bond motifs is 8. The molecule has 51 heavy (non-hydrogen) atoms. The van der Waals surface area contributed by atoms with Crippen molar-refractivity contribution in [2.45, 2.75) is 67.1 Å². The summed E-state index contributed by atoms with van der Waals surface area (Å²) in [5, 5.41) is 106. The molecule has 10 N–H and O–H groups in total. The number of phenolic OH excluding ortho intramolecular Hbond substituents is 5. The molecule has 0 spiro atoms. The van der Waals surface area contributed by atoms with Gasteiger partial charge in [0, 0.05) is 46.9 Å². The highest BCUT2D eigenvalue weighted by molar-refractivity contribution is 5.68. The third-order valence-electron chi connectivity index (χ3n) is 9.95. The first-order valence-electron chi connectivity index (χ1n) is 16.1. The highest BCUT2D eigenvalue weighted by Crippen LogP contribution is 2.62. The minimum Gasteiger partial charge on any atom is -0.508 e. The Bertz CT molecular complexity index is 1970. The van der Waals surface area contributed by atoms with Gasteiger partial charge < -0.3 is 74.7 Å². The van der Waals surface area contributed by atoms with E-state index >= 15 is 0 Å². The van der Waals surface area contributed by atoms with Crippen LogP contribution in [0.15, 0.2) is 66.7 Å². The van der Waals surface area contributed by atoms with E-state index in [1.807, 2.05) is 0 Å². The van der Waals surface area contributed by atoms with Crippen LogP contribution in [0.1, 0.15) is 39.8 Å². The number of aliphatic hydroxyl groups excluding tert-OH is 5. The summed E-state index contributed by atoms with van der Waals surface area (Å²) in [6.45, 7) is -0.686. The van der Waals surface area contributed by atoms with Gasteiger partial charge in [-0.3, -0.25) is 0 Å². The van der Waals surface area contributed by atoms with Crippen molar-refractivity contribution in [2.75, 3.05) is 6.61 Å². The lowest BCUT2D eigenvalue weighted by atomic mass is 9.74. The largest absolute Gasteiger partial charge is 0.508 e. The zero-order chi connectivity index (χ0) is 35.9. The van der Waals surface area contributed by atoms with E-state index in [1.165, 1.54) is 48.5 Å². The summed E-state index contributed by atoms with van der Waals surface area (Å²) in [5.74, 6) is -4.24. The van der Waals surface area contributed by atoms with Crippen LogP contribution < -0.4 is 14.2 Å². The third kappa shape index (κ3) is 5.16. The first kappa shape index (κ1) is 33.2. The standard InChI is InChI=1S/C36H34O15/c37-13-25-29(43)30(44)31(45)35(48-25)47-24-11-19-20(41)12-23-27(33(19)49-32(24)14-1-5-16(38)6-2-14)28-26-21(42)9-18(40)10-22(26)50-36(51-23,34(28)46)15-3-7-17(39)8-4-15/h1-10,12,24-25,28-32,34-35,37-46H,11,13H2/t24-,25-,28+,29-,30+,31-,32+,34+,35-,36-/m1/s1. The maximum atomic E-state index is 12.2. The van der Waals surface area contributed by atoms with Crippen LogP contribution in [0.3, 0.4) is 0 Å². The lowest BCUT2D eigenvalue weighted by Crippen LogP contribution is -2.60. The van der Waals surface area contributed by atoms with Gasteiger partial charge >= 0.3 is 5.79 Å². The van der Waals surface area contributed by atoms with Gasteiger partial charge in [-0.1, -0.05) is 12.1 Å². The number of phenols is 5. The van der Waals surface area contributed by atoms with Gasteiger partial charge in [-0.15, -0.1) is 0 Å². The number of rotatable bonds is 5. The molecule has 0 amide bonds. The first-order valence-corrected chi connectivity index (χ1v) is 16.1. The van der Waals surface area contributed by atoms with Gasteiger partial charge in [-0.05, 0) is 42.0 Å². The minimum absolute atomic E-state index is 0.0157. The number of aliphatic hydroxyl groups is 5. The molecule has 0 aliphatic carbocycles. The van der Waals surface area contributed by atoms with Crippen LogP contribution in [0.25, 0.3) is 0 Å². The van der Waals surface area contributed by atoms with Crippen LogP contribution in [0.4, 0.5) is 0 Å². The third-order valence-corrected chi connectivity index (χ3v) is 9.95. The minimum atomic E-state index is -1.99. The van der Waals surface area contributed by atoms with Gasteiger partial charge in [0.2, 0.25) is 0 Å². The summed E-state index contributed by atoms with van der Waals surface area (Å²) in [6, 6.07) is 15.3. The molecule has 2 bridgehead atoms. The molecule has 0 aromatic heterocycles. The van der Waals surface area contributed by atoms with Gasteiger partial charge in [-0.2, -0.15) is 0 Å². The van der Waals surface area contributed by atoms with Gasteiger partial charge in [0.1, 0.15) is 82.6 Å². The number of benzene rings is 4. The number of hydrogen-bond donors (Lipinski definition) is 10. The molecular formula is C36H34O15. The Labute approximate surface area is 288 Å². The van der Waals surface area contributed by atoms with Crippen LogP contribution in [-0.4, -0.2) is 101 Å². The molecule has 15 nitrogen and oxygen atoms in total. The summed E-state index contributed by atoms with van der Waals surface area (Å²) in [6.07, 6.45) is -11.7. The van der Waals surface area contributed by atoms with Crippen molar-refractivity contribution in [2.24, 2.45) is 0 Å². The smallest absolute Gasteiger partial charge is 0.305 e. The van der Waals surface area contributed by atoms with E-state index in [9.17, 15) is 51.1 Å². The quantitative estimate of drug-likeness (QED) is 0.140.